The predicted molar refractivity (Wildman–Crippen MR) is 104 cm³/mol. The van der Waals surface area contributed by atoms with E-state index in [0.717, 1.165) is 17.7 Å². The molecule has 0 spiro atoms. The number of anilines is 1. The lowest BCUT2D eigenvalue weighted by Crippen LogP contribution is -2.42. The molecule has 4 amide bonds. The average molecular weight is 440 g/mol. The highest BCUT2D eigenvalue weighted by molar-refractivity contribution is 6.34. The van der Waals surface area contributed by atoms with Crippen LogP contribution in [0.25, 0.3) is 0 Å². The molecule has 1 aliphatic heterocycles. The van der Waals surface area contributed by atoms with Gasteiger partial charge < -0.3 is 10.6 Å². The molecule has 2 aromatic rings. The van der Waals surface area contributed by atoms with Crippen LogP contribution < -0.4 is 10.6 Å². The van der Waals surface area contributed by atoms with E-state index in [4.69, 9.17) is 11.6 Å². The number of carbonyl (C=O) groups is 3. The normalized spacial score (nSPS) is 19.1. The van der Waals surface area contributed by atoms with E-state index in [1.807, 2.05) is 6.92 Å². The molecule has 1 saturated heterocycles. The summed E-state index contributed by atoms with van der Waals surface area (Å²) in [6, 6.07) is 9.13. The summed E-state index contributed by atoms with van der Waals surface area (Å²) < 4.78 is 39.6. The first-order valence-corrected chi connectivity index (χ1v) is 9.18. The van der Waals surface area contributed by atoms with E-state index < -0.39 is 47.4 Å². The van der Waals surface area contributed by atoms with Crippen LogP contribution in [0.3, 0.4) is 0 Å². The van der Waals surface area contributed by atoms with Crippen molar-refractivity contribution in [3.63, 3.8) is 0 Å². The van der Waals surface area contributed by atoms with E-state index in [1.165, 1.54) is 13.0 Å². The molecule has 0 aromatic heterocycles. The number of alkyl halides is 3. The van der Waals surface area contributed by atoms with Crippen LogP contribution >= 0.6 is 11.6 Å². The molecule has 158 valence electrons. The standard InChI is InChI=1S/C20H17ClF3N3O3/c1-11-6-8-12(9-7-11)19(2)17(29)27(18(30)26-19)10-15(28)25-16-13(20(22,23)24)4-3-5-14(16)21/h3-9H,10H2,1-2H3,(H,25,28)(H,26,30). The minimum atomic E-state index is -4.75. The van der Waals surface area contributed by atoms with E-state index in [0.29, 0.717) is 10.5 Å². The van der Waals surface area contributed by atoms with E-state index in [2.05, 4.69) is 10.6 Å². The summed E-state index contributed by atoms with van der Waals surface area (Å²) in [6.07, 6.45) is -4.75. The summed E-state index contributed by atoms with van der Waals surface area (Å²) in [6.45, 7) is 2.59. The molecule has 1 fully saturated rings. The molecule has 0 radical (unpaired) electrons. The smallest absolute Gasteiger partial charge is 0.323 e. The Morgan fingerprint density at radius 1 is 1.17 bits per heavy atom. The number of benzene rings is 2. The number of nitrogens with one attached hydrogen (secondary N) is 2. The molecule has 2 N–H and O–H groups in total. The summed E-state index contributed by atoms with van der Waals surface area (Å²) in [5.41, 5.74) is -1.70. The number of carbonyl (C=O) groups excluding carboxylic acids is 3. The van der Waals surface area contributed by atoms with Crippen molar-refractivity contribution in [3.05, 3.63) is 64.2 Å². The molecule has 1 heterocycles. The van der Waals surface area contributed by atoms with Gasteiger partial charge in [0.2, 0.25) is 5.91 Å². The zero-order chi connectivity index (χ0) is 22.3. The average Bonchev–Trinajstić information content (AvgIpc) is 2.87. The Balaban J connectivity index is 1.81. The van der Waals surface area contributed by atoms with Crippen molar-refractivity contribution >= 4 is 35.1 Å². The largest absolute Gasteiger partial charge is 0.418 e. The number of aryl methyl sites for hydroxylation is 1. The van der Waals surface area contributed by atoms with Gasteiger partial charge in [-0.1, -0.05) is 47.5 Å². The molecule has 0 aliphatic carbocycles. The quantitative estimate of drug-likeness (QED) is 0.705. The van der Waals surface area contributed by atoms with Crippen LogP contribution in [-0.2, 0) is 21.3 Å². The molecular weight excluding hydrogens is 423 g/mol. The SMILES string of the molecule is Cc1ccc(C2(C)NC(=O)N(CC(=O)Nc3c(Cl)cccc3C(F)(F)F)C2=O)cc1. The fourth-order valence-electron chi connectivity index (χ4n) is 3.13. The van der Waals surface area contributed by atoms with Crippen molar-refractivity contribution in [1.82, 2.24) is 10.2 Å². The lowest BCUT2D eigenvalue weighted by molar-refractivity contribution is -0.137. The summed E-state index contributed by atoms with van der Waals surface area (Å²) in [7, 11) is 0. The highest BCUT2D eigenvalue weighted by atomic mass is 35.5. The Morgan fingerprint density at radius 3 is 2.40 bits per heavy atom. The van der Waals surface area contributed by atoms with E-state index in [1.54, 1.807) is 24.3 Å². The molecule has 10 heteroatoms. The third-order valence-corrected chi connectivity index (χ3v) is 5.10. The molecular formula is C20H17ClF3N3O3. The maximum atomic E-state index is 13.2. The van der Waals surface area contributed by atoms with Gasteiger partial charge >= 0.3 is 12.2 Å². The van der Waals surface area contributed by atoms with E-state index in [-0.39, 0.29) is 5.02 Å². The zero-order valence-corrected chi connectivity index (χ0v) is 16.7. The minimum Gasteiger partial charge on any atom is -0.323 e. The Morgan fingerprint density at radius 2 is 1.80 bits per heavy atom. The Labute approximate surface area is 175 Å². The third-order valence-electron chi connectivity index (χ3n) is 4.79. The highest BCUT2D eigenvalue weighted by Crippen LogP contribution is 2.38. The van der Waals surface area contributed by atoms with Crippen LogP contribution in [0.5, 0.6) is 0 Å². The fraction of sp³-hybridized carbons (Fsp3) is 0.250. The number of nitrogens with zero attached hydrogens (tertiary/aromatic N) is 1. The van der Waals surface area contributed by atoms with Crippen molar-refractivity contribution in [2.75, 3.05) is 11.9 Å². The van der Waals surface area contributed by atoms with Gasteiger partial charge in [-0.15, -0.1) is 0 Å². The van der Waals surface area contributed by atoms with Crippen molar-refractivity contribution in [2.45, 2.75) is 25.6 Å². The van der Waals surface area contributed by atoms with Gasteiger partial charge in [0.15, 0.2) is 0 Å². The maximum absolute atomic E-state index is 13.2. The van der Waals surface area contributed by atoms with E-state index >= 15 is 0 Å². The van der Waals surface area contributed by atoms with Crippen LogP contribution in [0.15, 0.2) is 42.5 Å². The van der Waals surface area contributed by atoms with Crippen LogP contribution in [0.4, 0.5) is 23.7 Å². The molecule has 1 aliphatic rings. The van der Waals surface area contributed by atoms with Crippen LogP contribution in [0.1, 0.15) is 23.6 Å². The number of imide groups is 1. The van der Waals surface area contributed by atoms with Crippen molar-refractivity contribution < 1.29 is 27.6 Å². The molecule has 3 rings (SSSR count). The van der Waals surface area contributed by atoms with Crippen LogP contribution in [-0.4, -0.2) is 29.3 Å². The lowest BCUT2D eigenvalue weighted by Gasteiger charge is -2.22. The lowest BCUT2D eigenvalue weighted by atomic mass is 9.91. The molecule has 0 saturated carbocycles. The number of hydrogen-bond donors (Lipinski definition) is 2. The number of para-hydroxylation sites is 1. The minimum absolute atomic E-state index is 0.320. The fourth-order valence-corrected chi connectivity index (χ4v) is 3.35. The van der Waals surface area contributed by atoms with Crippen molar-refractivity contribution in [1.29, 1.82) is 0 Å². The van der Waals surface area contributed by atoms with Gasteiger partial charge in [0.1, 0.15) is 12.1 Å². The third kappa shape index (κ3) is 3.97. The first kappa shape index (κ1) is 21.6. The molecule has 0 bridgehead atoms. The summed E-state index contributed by atoms with van der Waals surface area (Å²) in [5.74, 6) is -1.69. The van der Waals surface area contributed by atoms with Gasteiger partial charge in [0, 0.05) is 0 Å². The predicted octanol–water partition coefficient (Wildman–Crippen LogP) is 4.07. The number of hydrogen-bond acceptors (Lipinski definition) is 3. The van der Waals surface area contributed by atoms with E-state index in [9.17, 15) is 27.6 Å². The molecule has 1 atom stereocenters. The Bertz CT molecular complexity index is 1020. The summed E-state index contributed by atoms with van der Waals surface area (Å²) >= 11 is 5.82. The number of rotatable bonds is 4. The van der Waals surface area contributed by atoms with Gasteiger partial charge in [-0.3, -0.25) is 14.5 Å². The number of amides is 4. The second-order valence-corrected chi connectivity index (χ2v) is 7.43. The molecule has 6 nitrogen and oxygen atoms in total. The molecule has 2 aromatic carbocycles. The van der Waals surface area contributed by atoms with Crippen molar-refractivity contribution in [3.8, 4) is 0 Å². The summed E-state index contributed by atoms with van der Waals surface area (Å²) in [5, 5.41) is 4.28. The summed E-state index contributed by atoms with van der Waals surface area (Å²) in [4.78, 5) is 38.2. The van der Waals surface area contributed by atoms with Gasteiger partial charge in [-0.05, 0) is 31.5 Å². The van der Waals surface area contributed by atoms with Gasteiger partial charge in [0.05, 0.1) is 16.3 Å². The molecule has 30 heavy (non-hydrogen) atoms. The highest BCUT2D eigenvalue weighted by Gasteiger charge is 2.49. The first-order valence-electron chi connectivity index (χ1n) is 8.80. The van der Waals surface area contributed by atoms with Gasteiger partial charge in [0.25, 0.3) is 5.91 Å². The maximum Gasteiger partial charge on any atom is 0.418 e. The Kier molecular flexibility index (Phi) is 5.51. The first-order chi connectivity index (χ1) is 13.9. The monoisotopic (exact) mass is 439 g/mol. The topological polar surface area (TPSA) is 78.5 Å². The van der Waals surface area contributed by atoms with Crippen LogP contribution in [0, 0.1) is 6.92 Å². The van der Waals surface area contributed by atoms with Crippen molar-refractivity contribution in [2.24, 2.45) is 0 Å². The zero-order valence-electron chi connectivity index (χ0n) is 15.9. The van der Waals surface area contributed by atoms with Crippen LogP contribution in [0.2, 0.25) is 5.02 Å². The van der Waals surface area contributed by atoms with Gasteiger partial charge in [-0.2, -0.15) is 13.2 Å². The number of halogens is 4. The number of urea groups is 1. The molecule has 1 unspecified atom stereocenters. The Hall–Kier alpha value is -3.07. The second-order valence-electron chi connectivity index (χ2n) is 7.02. The van der Waals surface area contributed by atoms with Gasteiger partial charge in [-0.25, -0.2) is 4.79 Å². The second kappa shape index (κ2) is 7.64.